The van der Waals surface area contributed by atoms with Crippen molar-refractivity contribution < 1.29 is 14.3 Å². The Morgan fingerprint density at radius 2 is 1.94 bits per heavy atom. The second-order valence-corrected chi connectivity index (χ2v) is 9.67. The third-order valence-corrected chi connectivity index (χ3v) is 6.72. The maximum Gasteiger partial charge on any atom is 0.279 e. The third kappa shape index (κ3) is 5.86. The average Bonchev–Trinajstić information content (AvgIpc) is 3.17. The molecule has 1 aliphatic heterocycles. The number of ether oxygens (including phenoxy) is 1. The maximum atomic E-state index is 12.4. The summed E-state index contributed by atoms with van der Waals surface area (Å²) < 4.78 is 6.75. The van der Waals surface area contributed by atoms with Crippen molar-refractivity contribution in [3.8, 4) is 11.8 Å². The lowest BCUT2D eigenvalue weighted by molar-refractivity contribution is -0.115. The average molecular weight is 600 g/mol. The first-order valence-corrected chi connectivity index (χ1v) is 12.2. The minimum atomic E-state index is -0.463. The van der Waals surface area contributed by atoms with Crippen molar-refractivity contribution in [2.24, 2.45) is 4.99 Å². The van der Waals surface area contributed by atoms with Gasteiger partial charge in [-0.1, -0.05) is 35.9 Å². The van der Waals surface area contributed by atoms with Crippen LogP contribution in [0.3, 0.4) is 0 Å². The molecule has 0 atom stereocenters. The summed E-state index contributed by atoms with van der Waals surface area (Å²) in [6, 6.07) is 21.4. The van der Waals surface area contributed by atoms with Crippen LogP contribution in [0.1, 0.15) is 27.0 Å². The van der Waals surface area contributed by atoms with E-state index >= 15 is 0 Å². The largest absolute Gasteiger partial charge is 0.488 e. The molecule has 3 aromatic carbocycles. The second kappa shape index (κ2) is 10.9. The molecule has 0 aliphatic carbocycles. The van der Waals surface area contributed by atoms with Gasteiger partial charge in [0.05, 0.1) is 20.1 Å². The molecule has 1 fully saturated rings. The number of nitrogens with one attached hydrogen (secondary N) is 1. The van der Waals surface area contributed by atoms with Gasteiger partial charge in [0.25, 0.3) is 11.8 Å². The molecule has 168 valence electrons. The fraction of sp³-hybridized carbons (Fsp3) is 0.0400. The minimum Gasteiger partial charge on any atom is -0.488 e. The van der Waals surface area contributed by atoms with Gasteiger partial charge in [0.1, 0.15) is 12.4 Å². The van der Waals surface area contributed by atoms with Crippen LogP contribution in [-0.4, -0.2) is 17.0 Å². The summed E-state index contributed by atoms with van der Waals surface area (Å²) in [6.07, 6.45) is 1.73. The molecule has 34 heavy (non-hydrogen) atoms. The summed E-state index contributed by atoms with van der Waals surface area (Å²) in [5.41, 5.74) is 2.57. The molecule has 2 amide bonds. The number of hydrogen-bond acceptors (Lipinski definition) is 5. The summed E-state index contributed by atoms with van der Waals surface area (Å²) in [6.45, 7) is 0.278. The molecule has 0 radical (unpaired) electrons. The van der Waals surface area contributed by atoms with Gasteiger partial charge in [-0.05, 0) is 88.5 Å². The number of aliphatic imine (C=N–C) groups is 1. The molecular weight excluding hydrogens is 585 g/mol. The number of nitriles is 1. The number of thioether (sulfide) groups is 1. The van der Waals surface area contributed by atoms with Crippen LogP contribution in [0.25, 0.3) is 6.08 Å². The van der Waals surface area contributed by atoms with E-state index in [1.807, 2.05) is 36.4 Å². The highest BCUT2D eigenvalue weighted by atomic mass is 127. The predicted octanol–water partition coefficient (Wildman–Crippen LogP) is 5.80. The van der Waals surface area contributed by atoms with Gasteiger partial charge in [-0.3, -0.25) is 9.59 Å². The van der Waals surface area contributed by atoms with E-state index in [1.165, 1.54) is 0 Å². The highest BCUT2D eigenvalue weighted by Gasteiger charge is 2.25. The van der Waals surface area contributed by atoms with E-state index < -0.39 is 5.91 Å². The van der Waals surface area contributed by atoms with E-state index in [0.717, 1.165) is 26.5 Å². The summed E-state index contributed by atoms with van der Waals surface area (Å²) in [5, 5.41) is 12.6. The molecule has 1 N–H and O–H groups in total. The van der Waals surface area contributed by atoms with Crippen LogP contribution in [0.2, 0.25) is 5.02 Å². The van der Waals surface area contributed by atoms with Gasteiger partial charge >= 0.3 is 0 Å². The predicted molar refractivity (Wildman–Crippen MR) is 142 cm³/mol. The highest BCUT2D eigenvalue weighted by Crippen LogP contribution is 2.29. The fourth-order valence-electron chi connectivity index (χ4n) is 3.02. The first-order valence-electron chi connectivity index (χ1n) is 9.93. The van der Waals surface area contributed by atoms with Crippen molar-refractivity contribution in [1.29, 1.82) is 5.26 Å². The number of benzene rings is 3. The Labute approximate surface area is 218 Å². The van der Waals surface area contributed by atoms with Crippen molar-refractivity contribution >= 4 is 69.0 Å². The number of hydrogen-bond donors (Lipinski definition) is 1. The van der Waals surface area contributed by atoms with Crippen LogP contribution in [0.5, 0.6) is 5.75 Å². The zero-order chi connectivity index (χ0) is 24.1. The van der Waals surface area contributed by atoms with E-state index in [-0.39, 0.29) is 17.7 Å². The van der Waals surface area contributed by atoms with Crippen LogP contribution < -0.4 is 10.1 Å². The Balaban J connectivity index is 1.45. The fourth-order valence-corrected chi connectivity index (χ4v) is 4.66. The number of halogens is 2. The number of amides is 2. The van der Waals surface area contributed by atoms with E-state index in [0.29, 0.717) is 26.8 Å². The first kappa shape index (κ1) is 24.0. The number of amidine groups is 1. The molecule has 1 saturated heterocycles. The standard InChI is InChI=1S/C25H15ClIN3O3S/c26-19-8-6-16(7-9-19)23(31)29-25-30-24(32)22(34-25)12-15-5-10-21(20(27)11-15)33-14-18-4-2-1-3-17(18)13-28/h1-12H,14H2,(H,29,30,31,32)/b22-12-. The van der Waals surface area contributed by atoms with Gasteiger partial charge < -0.3 is 10.1 Å². The Kier molecular flexibility index (Phi) is 7.67. The Hall–Kier alpha value is -3.13. The molecule has 4 rings (SSSR count). The number of nitrogens with zero attached hydrogens (tertiary/aromatic N) is 2. The lowest BCUT2D eigenvalue weighted by Crippen LogP contribution is -2.20. The lowest BCUT2D eigenvalue weighted by Gasteiger charge is -2.10. The van der Waals surface area contributed by atoms with Gasteiger partial charge in [0.15, 0.2) is 5.17 Å². The molecular formula is C25H15ClIN3O3S. The summed E-state index contributed by atoms with van der Waals surface area (Å²) in [5.74, 6) is -0.110. The van der Waals surface area contributed by atoms with Gasteiger partial charge in [0, 0.05) is 16.1 Å². The topological polar surface area (TPSA) is 91.5 Å². The van der Waals surface area contributed by atoms with Crippen LogP contribution in [-0.2, 0) is 11.4 Å². The second-order valence-electron chi connectivity index (χ2n) is 7.04. The van der Waals surface area contributed by atoms with Gasteiger partial charge in [-0.25, -0.2) is 0 Å². The van der Waals surface area contributed by atoms with Gasteiger partial charge in [-0.15, -0.1) is 0 Å². The number of carbonyl (C=O) groups is 2. The highest BCUT2D eigenvalue weighted by molar-refractivity contribution is 14.1. The summed E-state index contributed by atoms with van der Waals surface area (Å²) in [7, 11) is 0. The number of rotatable bonds is 5. The van der Waals surface area contributed by atoms with Gasteiger partial charge in [0.2, 0.25) is 0 Å². The van der Waals surface area contributed by atoms with E-state index in [4.69, 9.17) is 16.3 Å². The van der Waals surface area contributed by atoms with Crippen molar-refractivity contribution in [2.75, 3.05) is 0 Å². The van der Waals surface area contributed by atoms with Crippen molar-refractivity contribution in [3.05, 3.63) is 102 Å². The molecule has 1 aliphatic rings. The van der Waals surface area contributed by atoms with Crippen LogP contribution in [0.4, 0.5) is 0 Å². The van der Waals surface area contributed by atoms with Gasteiger partial charge in [-0.2, -0.15) is 10.3 Å². The van der Waals surface area contributed by atoms with Crippen LogP contribution in [0.15, 0.2) is 76.6 Å². The van der Waals surface area contributed by atoms with E-state index in [9.17, 15) is 14.9 Å². The van der Waals surface area contributed by atoms with Crippen molar-refractivity contribution in [2.45, 2.75) is 6.61 Å². The van der Waals surface area contributed by atoms with E-state index in [1.54, 1.807) is 36.4 Å². The first-order chi connectivity index (χ1) is 16.4. The molecule has 0 aromatic heterocycles. The molecule has 0 saturated carbocycles. The molecule has 1 heterocycles. The molecule has 3 aromatic rings. The SMILES string of the molecule is N#Cc1ccccc1COc1ccc(/C=C2\SC(=NC(=O)c3ccc(Cl)cc3)NC2=O)cc1I. The minimum absolute atomic E-state index is 0.224. The normalized spacial score (nSPS) is 15.3. The zero-order valence-corrected chi connectivity index (χ0v) is 21.1. The molecule has 0 bridgehead atoms. The van der Waals surface area contributed by atoms with Crippen molar-refractivity contribution in [1.82, 2.24) is 5.32 Å². The Morgan fingerprint density at radius 1 is 1.18 bits per heavy atom. The van der Waals surface area contributed by atoms with Crippen molar-refractivity contribution in [3.63, 3.8) is 0 Å². The van der Waals surface area contributed by atoms with Crippen LogP contribution >= 0.6 is 46.0 Å². The third-order valence-electron chi connectivity index (χ3n) is 4.72. The molecule has 0 spiro atoms. The number of carbonyl (C=O) groups excluding carboxylic acids is 2. The van der Waals surface area contributed by atoms with Crippen LogP contribution in [0, 0.1) is 14.9 Å². The summed E-state index contributed by atoms with van der Waals surface area (Å²) in [4.78, 5) is 29.1. The quantitative estimate of drug-likeness (QED) is 0.296. The zero-order valence-electron chi connectivity index (χ0n) is 17.4. The summed E-state index contributed by atoms with van der Waals surface area (Å²) >= 11 is 9.11. The monoisotopic (exact) mass is 599 g/mol. The van der Waals surface area contributed by atoms with E-state index in [2.05, 4.69) is 39.0 Å². The maximum absolute atomic E-state index is 12.4. The Bertz CT molecular complexity index is 1380. The molecule has 9 heteroatoms. The molecule has 0 unspecified atom stereocenters. The molecule has 6 nitrogen and oxygen atoms in total. The smallest absolute Gasteiger partial charge is 0.279 e. The Morgan fingerprint density at radius 3 is 2.68 bits per heavy atom. The lowest BCUT2D eigenvalue weighted by atomic mass is 10.1.